The molecule has 6 heteroatoms. The second-order valence-corrected chi connectivity index (χ2v) is 4.75. The third-order valence-electron chi connectivity index (χ3n) is 3.13. The highest BCUT2D eigenvalue weighted by Gasteiger charge is 2.18. The maximum atomic E-state index is 10.9. The molecule has 2 rings (SSSR count). The molecule has 2 heterocycles. The second-order valence-electron chi connectivity index (χ2n) is 4.75. The topological polar surface area (TPSA) is 78.3 Å². The SMILES string of the molecule is Cc1cc(C(=O)O)nc(NC2CCN(C)CC2)n1. The number of rotatable bonds is 3. The van der Waals surface area contributed by atoms with Crippen LogP contribution < -0.4 is 5.32 Å². The maximum absolute atomic E-state index is 10.9. The molecule has 1 fully saturated rings. The molecule has 6 nitrogen and oxygen atoms in total. The third kappa shape index (κ3) is 3.16. The Hall–Kier alpha value is -1.69. The number of nitrogens with one attached hydrogen (secondary N) is 1. The first kappa shape index (κ1) is 12.8. The number of aromatic nitrogens is 2. The Balaban J connectivity index is 2.07. The van der Waals surface area contributed by atoms with E-state index in [-0.39, 0.29) is 5.69 Å². The summed E-state index contributed by atoms with van der Waals surface area (Å²) in [5.74, 6) is -0.603. The molecule has 0 aliphatic carbocycles. The number of likely N-dealkylation sites (tertiary alicyclic amines) is 1. The monoisotopic (exact) mass is 250 g/mol. The van der Waals surface area contributed by atoms with Crippen LogP contribution in [0.4, 0.5) is 5.95 Å². The first-order valence-corrected chi connectivity index (χ1v) is 6.08. The lowest BCUT2D eigenvalue weighted by atomic mass is 10.1. The number of aromatic carboxylic acids is 1. The van der Waals surface area contributed by atoms with E-state index in [4.69, 9.17) is 5.11 Å². The summed E-state index contributed by atoms with van der Waals surface area (Å²) in [5, 5.41) is 12.2. The lowest BCUT2D eigenvalue weighted by Gasteiger charge is -2.29. The van der Waals surface area contributed by atoms with Gasteiger partial charge >= 0.3 is 5.97 Å². The van der Waals surface area contributed by atoms with Gasteiger partial charge in [-0.25, -0.2) is 14.8 Å². The highest BCUT2D eigenvalue weighted by molar-refractivity contribution is 5.85. The molecule has 0 amide bonds. The fraction of sp³-hybridized carbons (Fsp3) is 0.583. The van der Waals surface area contributed by atoms with Gasteiger partial charge in [-0.3, -0.25) is 0 Å². The lowest BCUT2D eigenvalue weighted by molar-refractivity contribution is 0.0690. The highest BCUT2D eigenvalue weighted by atomic mass is 16.4. The summed E-state index contributed by atoms with van der Waals surface area (Å²) in [6, 6.07) is 1.80. The van der Waals surface area contributed by atoms with E-state index in [0.29, 0.717) is 17.7 Å². The number of carboxylic acids is 1. The number of nitrogens with zero attached hydrogens (tertiary/aromatic N) is 3. The van der Waals surface area contributed by atoms with Crippen LogP contribution in [0, 0.1) is 6.92 Å². The van der Waals surface area contributed by atoms with Crippen molar-refractivity contribution in [3.8, 4) is 0 Å². The molecule has 1 aliphatic heterocycles. The summed E-state index contributed by atoms with van der Waals surface area (Å²) in [6.45, 7) is 3.85. The van der Waals surface area contributed by atoms with Crippen LogP contribution in [0.3, 0.4) is 0 Å². The highest BCUT2D eigenvalue weighted by Crippen LogP contribution is 2.13. The van der Waals surface area contributed by atoms with Crippen LogP contribution in [-0.2, 0) is 0 Å². The Labute approximate surface area is 106 Å². The molecule has 1 saturated heterocycles. The van der Waals surface area contributed by atoms with Gasteiger partial charge in [-0.2, -0.15) is 0 Å². The standard InChI is InChI=1S/C12H18N4O2/c1-8-7-10(11(17)18)15-12(13-8)14-9-3-5-16(2)6-4-9/h7,9H,3-6H2,1-2H3,(H,17,18)(H,13,14,15). The van der Waals surface area contributed by atoms with Crippen LogP contribution >= 0.6 is 0 Å². The van der Waals surface area contributed by atoms with Crippen molar-refractivity contribution in [3.05, 3.63) is 17.5 Å². The fourth-order valence-electron chi connectivity index (χ4n) is 2.08. The molecule has 0 aromatic carbocycles. The van der Waals surface area contributed by atoms with E-state index in [2.05, 4.69) is 27.2 Å². The maximum Gasteiger partial charge on any atom is 0.354 e. The van der Waals surface area contributed by atoms with Crippen LogP contribution in [-0.4, -0.2) is 52.1 Å². The number of carbonyl (C=O) groups is 1. The molecule has 1 aromatic heterocycles. The molecule has 18 heavy (non-hydrogen) atoms. The van der Waals surface area contributed by atoms with Gasteiger partial charge in [-0.15, -0.1) is 0 Å². The van der Waals surface area contributed by atoms with Crippen LogP contribution in [0.5, 0.6) is 0 Å². The fourth-order valence-corrected chi connectivity index (χ4v) is 2.08. The predicted molar refractivity (Wildman–Crippen MR) is 67.9 cm³/mol. The Morgan fingerprint density at radius 1 is 1.44 bits per heavy atom. The zero-order chi connectivity index (χ0) is 13.1. The van der Waals surface area contributed by atoms with Gasteiger partial charge in [0.05, 0.1) is 0 Å². The molecular formula is C12H18N4O2. The van der Waals surface area contributed by atoms with E-state index in [1.54, 1.807) is 6.92 Å². The molecule has 1 aliphatic rings. The van der Waals surface area contributed by atoms with Crippen molar-refractivity contribution in [2.24, 2.45) is 0 Å². The summed E-state index contributed by atoms with van der Waals surface area (Å²) >= 11 is 0. The normalized spacial score (nSPS) is 17.7. The molecule has 2 N–H and O–H groups in total. The van der Waals surface area contributed by atoms with E-state index >= 15 is 0 Å². The van der Waals surface area contributed by atoms with Gasteiger partial charge in [-0.1, -0.05) is 0 Å². The Morgan fingerprint density at radius 2 is 2.11 bits per heavy atom. The Kier molecular flexibility index (Phi) is 3.76. The lowest BCUT2D eigenvalue weighted by Crippen LogP contribution is -2.37. The van der Waals surface area contributed by atoms with E-state index < -0.39 is 5.97 Å². The van der Waals surface area contributed by atoms with Crippen molar-refractivity contribution in [1.82, 2.24) is 14.9 Å². The van der Waals surface area contributed by atoms with Gasteiger partial charge in [0.2, 0.25) is 5.95 Å². The molecule has 98 valence electrons. The molecule has 0 radical (unpaired) electrons. The molecular weight excluding hydrogens is 232 g/mol. The zero-order valence-corrected chi connectivity index (χ0v) is 10.7. The van der Waals surface area contributed by atoms with Crippen LogP contribution in [0.2, 0.25) is 0 Å². The quantitative estimate of drug-likeness (QED) is 0.833. The van der Waals surface area contributed by atoms with E-state index in [1.165, 1.54) is 6.07 Å². The minimum Gasteiger partial charge on any atom is -0.477 e. The van der Waals surface area contributed by atoms with Crippen LogP contribution in [0.15, 0.2) is 6.07 Å². The first-order valence-electron chi connectivity index (χ1n) is 6.08. The van der Waals surface area contributed by atoms with E-state index in [1.807, 2.05) is 0 Å². The number of hydrogen-bond donors (Lipinski definition) is 2. The number of hydrogen-bond acceptors (Lipinski definition) is 5. The summed E-state index contributed by atoms with van der Waals surface area (Å²) in [7, 11) is 2.10. The molecule has 0 atom stereocenters. The second kappa shape index (κ2) is 5.30. The number of aryl methyl sites for hydroxylation is 1. The smallest absolute Gasteiger partial charge is 0.354 e. The Morgan fingerprint density at radius 3 is 2.72 bits per heavy atom. The van der Waals surface area contributed by atoms with Crippen molar-refractivity contribution in [1.29, 1.82) is 0 Å². The van der Waals surface area contributed by atoms with Crippen molar-refractivity contribution in [2.45, 2.75) is 25.8 Å². The molecule has 0 unspecified atom stereocenters. The third-order valence-corrected chi connectivity index (χ3v) is 3.13. The zero-order valence-electron chi connectivity index (χ0n) is 10.7. The van der Waals surface area contributed by atoms with Crippen LogP contribution in [0.1, 0.15) is 29.0 Å². The molecule has 0 bridgehead atoms. The van der Waals surface area contributed by atoms with Crippen molar-refractivity contribution < 1.29 is 9.90 Å². The average molecular weight is 250 g/mol. The average Bonchev–Trinajstić information content (AvgIpc) is 2.31. The first-order chi connectivity index (χ1) is 8.54. The number of carboxylic acid groups (broad SMARTS) is 1. The summed E-state index contributed by atoms with van der Waals surface area (Å²) < 4.78 is 0. The van der Waals surface area contributed by atoms with Crippen molar-refractivity contribution >= 4 is 11.9 Å². The largest absolute Gasteiger partial charge is 0.477 e. The predicted octanol–water partition coefficient (Wildman–Crippen LogP) is 0.989. The van der Waals surface area contributed by atoms with Crippen LogP contribution in [0.25, 0.3) is 0 Å². The van der Waals surface area contributed by atoms with E-state index in [9.17, 15) is 4.79 Å². The van der Waals surface area contributed by atoms with Gasteiger partial charge in [0, 0.05) is 11.7 Å². The van der Waals surface area contributed by atoms with E-state index in [0.717, 1.165) is 25.9 Å². The molecule has 0 saturated carbocycles. The van der Waals surface area contributed by atoms with Gasteiger partial charge in [0.25, 0.3) is 0 Å². The van der Waals surface area contributed by atoms with Crippen molar-refractivity contribution in [3.63, 3.8) is 0 Å². The number of piperidine rings is 1. The number of anilines is 1. The minimum atomic E-state index is -1.02. The molecule has 0 spiro atoms. The van der Waals surface area contributed by atoms with Gasteiger partial charge in [0.15, 0.2) is 5.69 Å². The minimum absolute atomic E-state index is 0.0397. The Bertz CT molecular complexity index is 442. The van der Waals surface area contributed by atoms with Gasteiger partial charge in [0.1, 0.15) is 0 Å². The molecule has 1 aromatic rings. The van der Waals surface area contributed by atoms with Gasteiger partial charge in [-0.05, 0) is 46.0 Å². The van der Waals surface area contributed by atoms with Gasteiger partial charge < -0.3 is 15.3 Å². The summed E-state index contributed by atoms with van der Waals surface area (Å²) in [4.78, 5) is 21.4. The summed E-state index contributed by atoms with van der Waals surface area (Å²) in [5.41, 5.74) is 0.704. The summed E-state index contributed by atoms with van der Waals surface area (Å²) in [6.07, 6.45) is 2.05. The van der Waals surface area contributed by atoms with Crippen molar-refractivity contribution in [2.75, 3.05) is 25.5 Å².